The quantitative estimate of drug-likeness (QED) is 0.314. The molecule has 1 saturated heterocycles. The van der Waals surface area contributed by atoms with Gasteiger partial charge in [0.25, 0.3) is 11.7 Å². The fourth-order valence-corrected chi connectivity index (χ4v) is 4.34. The molecule has 0 bridgehead atoms. The van der Waals surface area contributed by atoms with Crippen LogP contribution in [0.3, 0.4) is 0 Å². The number of hydrogen-bond donors (Lipinski definition) is 1. The second-order valence-electron chi connectivity index (χ2n) is 7.88. The molecule has 34 heavy (non-hydrogen) atoms. The number of ether oxygens (including phenoxy) is 2. The number of carbonyl (C=O) groups excluding carboxylic acids is 2. The third kappa shape index (κ3) is 4.22. The molecule has 0 aliphatic carbocycles. The van der Waals surface area contributed by atoms with E-state index in [0.717, 1.165) is 11.1 Å². The molecule has 1 unspecified atom stereocenters. The molecule has 1 aromatic heterocycles. The molecule has 1 atom stereocenters. The number of likely N-dealkylation sites (tertiary alicyclic amines) is 1. The number of carbonyl (C=O) groups is 2. The monoisotopic (exact) mass is 478 g/mol. The van der Waals surface area contributed by atoms with Crippen LogP contribution in [0, 0.1) is 6.92 Å². The van der Waals surface area contributed by atoms with E-state index >= 15 is 0 Å². The van der Waals surface area contributed by atoms with Crippen LogP contribution >= 0.6 is 11.6 Å². The van der Waals surface area contributed by atoms with Gasteiger partial charge in [0.1, 0.15) is 17.3 Å². The molecule has 1 N–H and O–H groups in total. The highest BCUT2D eigenvalue weighted by Crippen LogP contribution is 2.43. The van der Waals surface area contributed by atoms with E-state index in [1.165, 1.54) is 31.3 Å². The zero-order chi connectivity index (χ0) is 24.4. The summed E-state index contributed by atoms with van der Waals surface area (Å²) in [6.07, 6.45) is 3.25. The average molecular weight is 479 g/mol. The van der Waals surface area contributed by atoms with Crippen LogP contribution in [0.1, 0.15) is 28.3 Å². The molecule has 174 valence electrons. The number of methoxy groups -OCH3 is 2. The highest BCUT2D eigenvalue weighted by molar-refractivity contribution is 6.46. The Kier molecular flexibility index (Phi) is 6.56. The summed E-state index contributed by atoms with van der Waals surface area (Å²) in [6.45, 7) is 2.09. The number of aliphatic hydroxyl groups is 1. The van der Waals surface area contributed by atoms with Crippen molar-refractivity contribution in [3.05, 3.63) is 93.8 Å². The lowest BCUT2D eigenvalue weighted by molar-refractivity contribution is -0.140. The van der Waals surface area contributed by atoms with E-state index in [-0.39, 0.29) is 34.2 Å². The fourth-order valence-electron chi connectivity index (χ4n) is 4.11. The normalized spacial score (nSPS) is 17.2. The van der Waals surface area contributed by atoms with Crippen molar-refractivity contribution in [2.45, 2.75) is 19.5 Å². The first-order valence-corrected chi connectivity index (χ1v) is 10.9. The summed E-state index contributed by atoms with van der Waals surface area (Å²) in [7, 11) is 2.87. The van der Waals surface area contributed by atoms with Gasteiger partial charge in [-0.3, -0.25) is 14.6 Å². The predicted octanol–water partition coefficient (Wildman–Crippen LogP) is 4.68. The van der Waals surface area contributed by atoms with Gasteiger partial charge in [0, 0.05) is 25.0 Å². The first-order valence-electron chi connectivity index (χ1n) is 10.5. The average Bonchev–Trinajstić information content (AvgIpc) is 3.09. The molecular weight excluding hydrogens is 456 g/mol. The standard InChI is InChI=1S/C26H23ClN2O5/c1-15-5-4-6-17(11-15)23-22(24(30)18-12-21(34-3)19(27)13-20(18)33-2)25(31)26(32)29(23)14-16-7-9-28-10-8-16/h4-13,23,30H,14H2,1-3H3/b24-22+. The zero-order valence-electron chi connectivity index (χ0n) is 18.9. The largest absolute Gasteiger partial charge is 0.507 e. The lowest BCUT2D eigenvalue weighted by atomic mass is 9.94. The SMILES string of the molecule is COc1cc(/C(O)=C2\C(=O)C(=O)N(Cc3ccncc3)C2c2cccc(C)c2)c(OC)cc1Cl. The van der Waals surface area contributed by atoms with Crippen LogP contribution < -0.4 is 9.47 Å². The Bertz CT molecular complexity index is 1290. The van der Waals surface area contributed by atoms with Crippen molar-refractivity contribution in [3.63, 3.8) is 0 Å². The van der Waals surface area contributed by atoms with E-state index in [4.69, 9.17) is 21.1 Å². The number of aryl methyl sites for hydroxylation is 1. The topological polar surface area (TPSA) is 89.0 Å². The number of aliphatic hydroxyl groups excluding tert-OH is 1. The molecule has 7 nitrogen and oxygen atoms in total. The van der Waals surface area contributed by atoms with Gasteiger partial charge in [-0.25, -0.2) is 0 Å². The minimum atomic E-state index is -0.806. The molecule has 0 radical (unpaired) electrons. The molecular formula is C26H23ClN2O5. The molecule has 1 aliphatic rings. The van der Waals surface area contributed by atoms with Gasteiger partial charge in [-0.1, -0.05) is 41.4 Å². The number of nitrogens with zero attached hydrogens (tertiary/aromatic N) is 2. The number of hydrogen-bond acceptors (Lipinski definition) is 6. The van der Waals surface area contributed by atoms with Crippen molar-refractivity contribution in [3.8, 4) is 11.5 Å². The summed E-state index contributed by atoms with van der Waals surface area (Å²) in [6, 6.07) is 13.2. The fraction of sp³-hybridized carbons (Fsp3) is 0.192. The summed E-state index contributed by atoms with van der Waals surface area (Å²) < 4.78 is 10.7. The number of aromatic nitrogens is 1. The molecule has 1 amide bonds. The third-order valence-corrected chi connectivity index (χ3v) is 6.02. The summed E-state index contributed by atoms with van der Waals surface area (Å²) in [4.78, 5) is 32.0. The van der Waals surface area contributed by atoms with Crippen LogP contribution in [-0.2, 0) is 16.1 Å². The number of Topliss-reactive ketones (excluding diaryl/α,β-unsaturated/α-hetero) is 1. The number of benzene rings is 2. The van der Waals surface area contributed by atoms with Gasteiger partial charge in [-0.2, -0.15) is 0 Å². The van der Waals surface area contributed by atoms with E-state index in [0.29, 0.717) is 11.3 Å². The number of pyridine rings is 1. The van der Waals surface area contributed by atoms with Gasteiger partial charge in [0.05, 0.1) is 36.4 Å². The molecule has 0 spiro atoms. The Morgan fingerprint density at radius 3 is 2.41 bits per heavy atom. The molecule has 2 aromatic carbocycles. The molecule has 1 fully saturated rings. The van der Waals surface area contributed by atoms with Gasteiger partial charge >= 0.3 is 0 Å². The van der Waals surface area contributed by atoms with Crippen molar-refractivity contribution < 1.29 is 24.2 Å². The number of ketones is 1. The number of amides is 1. The van der Waals surface area contributed by atoms with E-state index < -0.39 is 17.7 Å². The molecule has 8 heteroatoms. The van der Waals surface area contributed by atoms with E-state index in [9.17, 15) is 14.7 Å². The van der Waals surface area contributed by atoms with Gasteiger partial charge in [0.2, 0.25) is 0 Å². The second-order valence-corrected chi connectivity index (χ2v) is 8.29. The summed E-state index contributed by atoms with van der Waals surface area (Å²) >= 11 is 6.21. The van der Waals surface area contributed by atoms with Crippen molar-refractivity contribution in [1.29, 1.82) is 0 Å². The van der Waals surface area contributed by atoms with E-state index in [1.807, 2.05) is 31.2 Å². The maximum atomic E-state index is 13.3. The maximum absolute atomic E-state index is 13.3. The Hall–Kier alpha value is -3.84. The highest BCUT2D eigenvalue weighted by atomic mass is 35.5. The van der Waals surface area contributed by atoms with Crippen LogP contribution in [0.5, 0.6) is 11.5 Å². The highest BCUT2D eigenvalue weighted by Gasteiger charge is 2.46. The Morgan fingerprint density at radius 1 is 1.06 bits per heavy atom. The minimum Gasteiger partial charge on any atom is -0.507 e. The number of rotatable bonds is 6. The van der Waals surface area contributed by atoms with Crippen LogP contribution in [0.4, 0.5) is 0 Å². The van der Waals surface area contributed by atoms with Crippen molar-refractivity contribution in [1.82, 2.24) is 9.88 Å². The lowest BCUT2D eigenvalue weighted by Gasteiger charge is -2.26. The van der Waals surface area contributed by atoms with Crippen LogP contribution in [0.15, 0.2) is 66.5 Å². The van der Waals surface area contributed by atoms with Crippen LogP contribution in [0.2, 0.25) is 5.02 Å². The Labute approximate surface area is 202 Å². The smallest absolute Gasteiger partial charge is 0.295 e. The van der Waals surface area contributed by atoms with E-state index in [2.05, 4.69) is 4.98 Å². The summed E-state index contributed by atoms with van der Waals surface area (Å²) in [5, 5.41) is 11.7. The van der Waals surface area contributed by atoms with Crippen molar-refractivity contribution in [2.75, 3.05) is 14.2 Å². The molecule has 2 heterocycles. The first-order chi connectivity index (χ1) is 16.3. The third-order valence-electron chi connectivity index (χ3n) is 5.73. The van der Waals surface area contributed by atoms with Gasteiger partial charge in [-0.15, -0.1) is 0 Å². The first kappa shape index (κ1) is 23.3. The summed E-state index contributed by atoms with van der Waals surface area (Å²) in [5.74, 6) is -1.32. The Morgan fingerprint density at radius 2 is 1.76 bits per heavy atom. The minimum absolute atomic E-state index is 0.0349. The lowest BCUT2D eigenvalue weighted by Crippen LogP contribution is -2.29. The molecule has 1 aliphatic heterocycles. The zero-order valence-corrected chi connectivity index (χ0v) is 19.7. The van der Waals surface area contributed by atoms with Gasteiger partial charge < -0.3 is 19.5 Å². The molecule has 0 saturated carbocycles. The van der Waals surface area contributed by atoms with Crippen LogP contribution in [0.25, 0.3) is 5.76 Å². The van der Waals surface area contributed by atoms with E-state index in [1.54, 1.807) is 24.5 Å². The van der Waals surface area contributed by atoms with Crippen molar-refractivity contribution >= 4 is 29.1 Å². The molecule has 3 aromatic rings. The Balaban J connectivity index is 1.93. The second kappa shape index (κ2) is 9.57. The van der Waals surface area contributed by atoms with Gasteiger partial charge in [0.15, 0.2) is 0 Å². The molecule has 4 rings (SSSR count). The summed E-state index contributed by atoms with van der Waals surface area (Å²) in [5.41, 5.74) is 2.63. The maximum Gasteiger partial charge on any atom is 0.295 e. The number of halogens is 1. The van der Waals surface area contributed by atoms with Crippen molar-refractivity contribution in [2.24, 2.45) is 0 Å². The van der Waals surface area contributed by atoms with Gasteiger partial charge in [-0.05, 0) is 36.2 Å². The predicted molar refractivity (Wildman–Crippen MR) is 128 cm³/mol. The van der Waals surface area contributed by atoms with Crippen LogP contribution in [-0.4, -0.2) is 40.9 Å².